The van der Waals surface area contributed by atoms with Gasteiger partial charge in [-0.1, -0.05) is 36.4 Å². The lowest BCUT2D eigenvalue weighted by atomic mass is 10.1. The minimum absolute atomic E-state index is 0.0420. The van der Waals surface area contributed by atoms with Crippen LogP contribution in [0.2, 0.25) is 0 Å². The molecule has 3 heterocycles. The maximum absolute atomic E-state index is 13.1. The number of morpholine rings is 1. The van der Waals surface area contributed by atoms with Crippen LogP contribution in [0.15, 0.2) is 57.5 Å². The third-order valence-electron chi connectivity index (χ3n) is 4.01. The molecule has 0 spiro atoms. The predicted octanol–water partition coefficient (Wildman–Crippen LogP) is 3.49. The first-order valence-electron chi connectivity index (χ1n) is 8.27. The van der Waals surface area contributed by atoms with E-state index in [9.17, 15) is 4.79 Å². The molecule has 2 aromatic heterocycles. The molecule has 0 unspecified atom stereocenters. The van der Waals surface area contributed by atoms with E-state index in [1.807, 2.05) is 52.7 Å². The number of nitrogens with zero attached hydrogens (tertiary/aromatic N) is 3. The Kier molecular flexibility index (Phi) is 5.33. The third kappa shape index (κ3) is 3.82. The lowest BCUT2D eigenvalue weighted by Gasteiger charge is -2.29. The average Bonchev–Trinajstić information content (AvgIpc) is 3.39. The summed E-state index contributed by atoms with van der Waals surface area (Å²) >= 11 is 2.83. The molecule has 134 valence electrons. The molecule has 1 amide bonds. The Morgan fingerprint density at radius 3 is 2.65 bits per heavy atom. The number of hydrogen-bond acceptors (Lipinski definition) is 7. The molecule has 0 aliphatic carbocycles. The molecule has 3 aromatic rings. The highest BCUT2D eigenvalue weighted by atomic mass is 32.2. The minimum Gasteiger partial charge on any atom is -0.410 e. The molecule has 1 saturated heterocycles. The summed E-state index contributed by atoms with van der Waals surface area (Å²) < 4.78 is 11.1. The van der Waals surface area contributed by atoms with Crippen molar-refractivity contribution >= 4 is 29.0 Å². The average molecular weight is 387 g/mol. The van der Waals surface area contributed by atoms with E-state index in [2.05, 4.69) is 10.2 Å². The van der Waals surface area contributed by atoms with Gasteiger partial charge in [0.15, 0.2) is 0 Å². The molecule has 4 rings (SSSR count). The van der Waals surface area contributed by atoms with Crippen LogP contribution < -0.4 is 0 Å². The van der Waals surface area contributed by atoms with E-state index in [4.69, 9.17) is 9.15 Å². The number of benzene rings is 1. The largest absolute Gasteiger partial charge is 0.410 e. The number of carbonyl (C=O) groups is 1. The molecule has 1 fully saturated rings. The highest BCUT2D eigenvalue weighted by Gasteiger charge is 2.30. The zero-order valence-corrected chi connectivity index (χ0v) is 15.5. The van der Waals surface area contributed by atoms with Gasteiger partial charge >= 0.3 is 0 Å². The molecule has 0 N–H and O–H groups in total. The molecule has 1 aromatic carbocycles. The van der Waals surface area contributed by atoms with Crippen LogP contribution in [0.1, 0.15) is 10.8 Å². The Morgan fingerprint density at radius 1 is 1.12 bits per heavy atom. The maximum Gasteiger partial charge on any atom is 0.278 e. The van der Waals surface area contributed by atoms with Gasteiger partial charge in [-0.2, -0.15) is 0 Å². The van der Waals surface area contributed by atoms with Gasteiger partial charge in [0, 0.05) is 13.1 Å². The summed E-state index contributed by atoms with van der Waals surface area (Å²) in [7, 11) is 0. The summed E-state index contributed by atoms with van der Waals surface area (Å²) in [6.07, 6.45) is 0. The predicted molar refractivity (Wildman–Crippen MR) is 100 cm³/mol. The first kappa shape index (κ1) is 17.3. The fourth-order valence-corrected chi connectivity index (χ4v) is 4.30. The molecule has 1 aliphatic rings. The van der Waals surface area contributed by atoms with Crippen LogP contribution in [-0.2, 0) is 9.53 Å². The van der Waals surface area contributed by atoms with Crippen molar-refractivity contribution in [2.75, 3.05) is 26.3 Å². The zero-order valence-electron chi connectivity index (χ0n) is 13.9. The smallest absolute Gasteiger partial charge is 0.278 e. The van der Waals surface area contributed by atoms with E-state index in [0.29, 0.717) is 37.4 Å². The third-order valence-corrected chi connectivity index (χ3v) is 5.94. The zero-order chi connectivity index (χ0) is 17.8. The summed E-state index contributed by atoms with van der Waals surface area (Å²) in [5, 5.41) is 10.2. The number of aromatic nitrogens is 2. The van der Waals surface area contributed by atoms with Crippen molar-refractivity contribution in [2.45, 2.75) is 10.5 Å². The SMILES string of the molecule is O=C([C@H](Sc1nnc(-c2cccs2)o1)c1ccccc1)N1CCOCC1. The van der Waals surface area contributed by atoms with Crippen LogP contribution in [0, 0.1) is 0 Å². The van der Waals surface area contributed by atoms with Crippen LogP contribution in [0.3, 0.4) is 0 Å². The van der Waals surface area contributed by atoms with Crippen molar-refractivity contribution in [2.24, 2.45) is 0 Å². The van der Waals surface area contributed by atoms with Gasteiger partial charge in [0.25, 0.3) is 11.1 Å². The van der Waals surface area contributed by atoms with E-state index in [0.717, 1.165) is 10.4 Å². The van der Waals surface area contributed by atoms with Crippen molar-refractivity contribution in [1.29, 1.82) is 0 Å². The maximum atomic E-state index is 13.1. The first-order valence-corrected chi connectivity index (χ1v) is 10.0. The lowest BCUT2D eigenvalue weighted by Crippen LogP contribution is -2.42. The summed E-state index contributed by atoms with van der Waals surface area (Å²) in [5.41, 5.74) is 0.921. The molecule has 8 heteroatoms. The number of thioether (sulfide) groups is 1. The molecule has 6 nitrogen and oxygen atoms in total. The van der Waals surface area contributed by atoms with Crippen molar-refractivity contribution < 1.29 is 13.9 Å². The van der Waals surface area contributed by atoms with Gasteiger partial charge in [-0.25, -0.2) is 0 Å². The van der Waals surface area contributed by atoms with E-state index in [1.165, 1.54) is 23.1 Å². The van der Waals surface area contributed by atoms with Gasteiger partial charge in [0.05, 0.1) is 18.1 Å². The number of rotatable bonds is 5. The van der Waals surface area contributed by atoms with Crippen LogP contribution >= 0.6 is 23.1 Å². The van der Waals surface area contributed by atoms with E-state index in [-0.39, 0.29) is 5.91 Å². The Bertz CT molecular complexity index is 846. The van der Waals surface area contributed by atoms with E-state index in [1.54, 1.807) is 0 Å². The van der Waals surface area contributed by atoms with Crippen molar-refractivity contribution in [3.8, 4) is 10.8 Å². The molecular weight excluding hydrogens is 370 g/mol. The van der Waals surface area contributed by atoms with E-state index < -0.39 is 5.25 Å². The van der Waals surface area contributed by atoms with Gasteiger partial charge in [-0.15, -0.1) is 21.5 Å². The molecule has 0 radical (unpaired) electrons. The summed E-state index contributed by atoms with van der Waals surface area (Å²) in [4.78, 5) is 15.9. The topological polar surface area (TPSA) is 68.5 Å². The van der Waals surface area contributed by atoms with Gasteiger partial charge in [0.1, 0.15) is 5.25 Å². The minimum atomic E-state index is -0.425. The fraction of sp³-hybridized carbons (Fsp3) is 0.278. The standard InChI is InChI=1S/C18H17N3O3S2/c22-17(21-8-10-23-11-9-21)15(13-5-2-1-3-6-13)26-18-20-19-16(24-18)14-7-4-12-25-14/h1-7,12,15H,8-11H2/t15-/m1/s1. The lowest BCUT2D eigenvalue weighted by molar-refractivity contribution is -0.134. The number of hydrogen-bond donors (Lipinski definition) is 0. The first-order chi connectivity index (χ1) is 12.8. The summed E-state index contributed by atoms with van der Waals surface area (Å²) in [5.74, 6) is 0.522. The molecular formula is C18H17N3O3S2. The highest BCUT2D eigenvalue weighted by Crippen LogP contribution is 2.37. The fourth-order valence-electron chi connectivity index (χ4n) is 2.70. The second-order valence-electron chi connectivity index (χ2n) is 5.70. The van der Waals surface area contributed by atoms with Crippen LogP contribution in [0.4, 0.5) is 0 Å². The van der Waals surface area contributed by atoms with Gasteiger partial charge in [-0.3, -0.25) is 4.79 Å². The number of carbonyl (C=O) groups excluding carboxylic acids is 1. The number of ether oxygens (including phenoxy) is 1. The molecule has 0 saturated carbocycles. The van der Waals surface area contributed by atoms with Gasteiger partial charge < -0.3 is 14.1 Å². The Labute approximate surface area is 159 Å². The monoisotopic (exact) mass is 387 g/mol. The van der Waals surface area contributed by atoms with E-state index >= 15 is 0 Å². The van der Waals surface area contributed by atoms with Crippen LogP contribution in [0.5, 0.6) is 0 Å². The number of thiophene rings is 1. The van der Waals surface area contributed by atoms with Crippen molar-refractivity contribution in [3.05, 3.63) is 53.4 Å². The summed E-state index contributed by atoms with van der Waals surface area (Å²) in [6, 6.07) is 13.6. The second-order valence-corrected chi connectivity index (χ2v) is 7.70. The molecule has 0 bridgehead atoms. The number of amides is 1. The normalized spacial score (nSPS) is 15.8. The van der Waals surface area contributed by atoms with Gasteiger partial charge in [0.2, 0.25) is 5.91 Å². The Balaban J connectivity index is 1.58. The van der Waals surface area contributed by atoms with Crippen molar-refractivity contribution in [1.82, 2.24) is 15.1 Å². The Morgan fingerprint density at radius 2 is 1.92 bits per heavy atom. The van der Waals surface area contributed by atoms with Crippen molar-refractivity contribution in [3.63, 3.8) is 0 Å². The molecule has 1 atom stereocenters. The summed E-state index contributed by atoms with van der Waals surface area (Å²) in [6.45, 7) is 2.35. The quantitative estimate of drug-likeness (QED) is 0.624. The van der Waals surface area contributed by atoms with Crippen LogP contribution in [-0.4, -0.2) is 47.3 Å². The van der Waals surface area contributed by atoms with Crippen LogP contribution in [0.25, 0.3) is 10.8 Å². The molecule has 1 aliphatic heterocycles. The highest BCUT2D eigenvalue weighted by molar-refractivity contribution is 8.00. The second kappa shape index (κ2) is 8.03. The van der Waals surface area contributed by atoms with Gasteiger partial charge in [-0.05, 0) is 28.8 Å². The Hall–Kier alpha value is -2.16. The molecule has 26 heavy (non-hydrogen) atoms.